The molecule has 0 aliphatic rings. The smallest absolute Gasteiger partial charge is 0.323 e. The molecular formula is C29H37N3O4. The zero-order chi connectivity index (χ0) is 26.3. The summed E-state index contributed by atoms with van der Waals surface area (Å²) in [5.41, 5.74) is 1.82. The molecule has 2 aromatic carbocycles. The Morgan fingerprint density at radius 1 is 0.917 bits per heavy atom. The largest absolute Gasteiger partial charge is 0.488 e. The molecule has 36 heavy (non-hydrogen) atoms. The van der Waals surface area contributed by atoms with E-state index in [4.69, 9.17) is 14.2 Å². The van der Waals surface area contributed by atoms with Crippen LogP contribution in [0.5, 0.6) is 17.4 Å². The number of carbonyl (C=O) groups is 1. The van der Waals surface area contributed by atoms with E-state index in [1.54, 1.807) is 30.5 Å². The molecule has 1 aromatic heterocycles. The fourth-order valence-corrected chi connectivity index (χ4v) is 3.38. The normalized spacial score (nSPS) is 12.5. The average Bonchev–Trinajstić information content (AvgIpc) is 2.79. The first-order valence-electron chi connectivity index (χ1n) is 12.1. The first-order valence-corrected chi connectivity index (χ1v) is 12.1. The van der Waals surface area contributed by atoms with E-state index in [-0.39, 0.29) is 17.1 Å². The Hall–Kier alpha value is -3.58. The van der Waals surface area contributed by atoms with Crippen molar-refractivity contribution in [1.82, 2.24) is 4.98 Å². The maximum atomic E-state index is 12.7. The van der Waals surface area contributed by atoms with Gasteiger partial charge in [0.15, 0.2) is 0 Å². The summed E-state index contributed by atoms with van der Waals surface area (Å²) in [4.78, 5) is 17.0. The molecule has 3 rings (SSSR count). The lowest BCUT2D eigenvalue weighted by molar-refractivity contribution is -0.0374. The van der Waals surface area contributed by atoms with Gasteiger partial charge in [-0.15, -0.1) is 0 Å². The fraction of sp³-hybridized carbons (Fsp3) is 0.379. The molecule has 192 valence electrons. The van der Waals surface area contributed by atoms with E-state index in [0.717, 1.165) is 5.56 Å². The Kier molecular flexibility index (Phi) is 8.58. The average molecular weight is 492 g/mol. The van der Waals surface area contributed by atoms with Gasteiger partial charge in [0.25, 0.3) is 0 Å². The lowest BCUT2D eigenvalue weighted by Crippen LogP contribution is -2.27. The van der Waals surface area contributed by atoms with Crippen molar-refractivity contribution >= 4 is 17.4 Å². The van der Waals surface area contributed by atoms with Crippen LogP contribution in [0, 0.1) is 0 Å². The first kappa shape index (κ1) is 27.0. The molecule has 0 saturated carbocycles. The second-order valence-corrected chi connectivity index (χ2v) is 10.7. The van der Waals surface area contributed by atoms with Crippen LogP contribution >= 0.6 is 0 Å². The third-order valence-corrected chi connectivity index (χ3v) is 5.12. The molecule has 7 heteroatoms. The van der Waals surface area contributed by atoms with Gasteiger partial charge in [-0.3, -0.25) is 0 Å². The SMILES string of the molecule is CC(COC(C)(C)C)Oc1ccc(NC(=O)Nc2cccnc2Oc2ccccc2C(C)(C)C)cc1. The number of pyridine rings is 1. The van der Waals surface area contributed by atoms with Gasteiger partial charge in [-0.05, 0) is 75.6 Å². The van der Waals surface area contributed by atoms with E-state index in [9.17, 15) is 4.79 Å². The minimum Gasteiger partial charge on any atom is -0.488 e. The number of nitrogens with one attached hydrogen (secondary N) is 2. The van der Waals surface area contributed by atoms with Crippen LogP contribution in [0.1, 0.15) is 54.0 Å². The molecule has 2 N–H and O–H groups in total. The van der Waals surface area contributed by atoms with Gasteiger partial charge in [-0.1, -0.05) is 39.0 Å². The maximum Gasteiger partial charge on any atom is 0.323 e. The highest BCUT2D eigenvalue weighted by molar-refractivity contribution is 6.00. The van der Waals surface area contributed by atoms with Crippen LogP contribution in [0.4, 0.5) is 16.2 Å². The lowest BCUT2D eigenvalue weighted by atomic mass is 9.86. The number of para-hydroxylation sites is 1. The number of hydrogen-bond donors (Lipinski definition) is 2. The zero-order valence-corrected chi connectivity index (χ0v) is 22.2. The van der Waals surface area contributed by atoms with Gasteiger partial charge < -0.3 is 24.8 Å². The van der Waals surface area contributed by atoms with Crippen LogP contribution in [0.3, 0.4) is 0 Å². The molecular weight excluding hydrogens is 454 g/mol. The van der Waals surface area contributed by atoms with Crippen LogP contribution in [0.15, 0.2) is 66.9 Å². The number of carbonyl (C=O) groups excluding carboxylic acids is 1. The standard InChI is InChI=1S/C29H37N3O4/c1-20(19-34-29(5,6)7)35-22-16-14-21(15-17-22)31-27(33)32-24-12-10-18-30-26(24)36-25-13-9-8-11-23(25)28(2,3)4/h8-18,20H,19H2,1-7H3,(H2,31,32,33). The minimum atomic E-state index is -0.405. The van der Waals surface area contributed by atoms with Crippen molar-refractivity contribution in [2.75, 3.05) is 17.2 Å². The third kappa shape index (κ3) is 8.27. The number of amides is 2. The molecule has 1 heterocycles. The van der Waals surface area contributed by atoms with Crippen LogP contribution < -0.4 is 20.1 Å². The van der Waals surface area contributed by atoms with Gasteiger partial charge in [0.05, 0.1) is 12.2 Å². The molecule has 0 spiro atoms. The molecule has 0 fully saturated rings. The highest BCUT2D eigenvalue weighted by atomic mass is 16.5. The first-order chi connectivity index (χ1) is 16.9. The lowest BCUT2D eigenvalue weighted by Gasteiger charge is -2.23. The highest BCUT2D eigenvalue weighted by Crippen LogP contribution is 2.35. The predicted molar refractivity (Wildman–Crippen MR) is 144 cm³/mol. The number of hydrogen-bond acceptors (Lipinski definition) is 5. The Balaban J connectivity index is 1.62. The number of urea groups is 1. The molecule has 3 aromatic rings. The van der Waals surface area contributed by atoms with Crippen molar-refractivity contribution in [3.63, 3.8) is 0 Å². The van der Waals surface area contributed by atoms with Gasteiger partial charge in [-0.25, -0.2) is 9.78 Å². The van der Waals surface area contributed by atoms with Crippen molar-refractivity contribution in [3.05, 3.63) is 72.4 Å². The van der Waals surface area contributed by atoms with E-state index in [1.807, 2.05) is 64.1 Å². The second kappa shape index (κ2) is 11.4. The highest BCUT2D eigenvalue weighted by Gasteiger charge is 2.20. The molecule has 2 amide bonds. The minimum absolute atomic E-state index is 0.0984. The quantitative estimate of drug-likeness (QED) is 0.343. The Bertz CT molecular complexity index is 1150. The summed E-state index contributed by atoms with van der Waals surface area (Å²) in [5, 5.41) is 5.66. The summed E-state index contributed by atoms with van der Waals surface area (Å²) in [6, 6.07) is 18.1. The summed E-state index contributed by atoms with van der Waals surface area (Å²) < 4.78 is 17.8. The molecule has 0 aliphatic heterocycles. The third-order valence-electron chi connectivity index (χ3n) is 5.12. The fourth-order valence-electron chi connectivity index (χ4n) is 3.38. The summed E-state index contributed by atoms with van der Waals surface area (Å²) in [6.45, 7) is 14.8. The van der Waals surface area contributed by atoms with Crippen LogP contribution in [0.2, 0.25) is 0 Å². The Morgan fingerprint density at radius 3 is 2.28 bits per heavy atom. The molecule has 0 bridgehead atoms. The molecule has 1 atom stereocenters. The number of anilines is 2. The number of rotatable bonds is 8. The Labute approximate surface area is 214 Å². The monoisotopic (exact) mass is 491 g/mol. The van der Waals surface area contributed by atoms with Crippen molar-refractivity contribution in [2.45, 2.75) is 65.6 Å². The maximum absolute atomic E-state index is 12.7. The summed E-state index contributed by atoms with van der Waals surface area (Å²) >= 11 is 0. The zero-order valence-electron chi connectivity index (χ0n) is 22.2. The van der Waals surface area contributed by atoms with Crippen molar-refractivity contribution in [3.8, 4) is 17.4 Å². The van der Waals surface area contributed by atoms with E-state index < -0.39 is 6.03 Å². The van der Waals surface area contributed by atoms with Crippen LogP contribution in [-0.4, -0.2) is 29.3 Å². The van der Waals surface area contributed by atoms with E-state index >= 15 is 0 Å². The van der Waals surface area contributed by atoms with Crippen molar-refractivity contribution in [1.29, 1.82) is 0 Å². The number of benzene rings is 2. The van der Waals surface area contributed by atoms with Crippen LogP contribution in [-0.2, 0) is 10.2 Å². The Morgan fingerprint density at radius 2 is 1.61 bits per heavy atom. The topological polar surface area (TPSA) is 81.7 Å². The van der Waals surface area contributed by atoms with Gasteiger partial charge in [0.1, 0.15) is 23.3 Å². The number of aromatic nitrogens is 1. The van der Waals surface area contributed by atoms with Gasteiger partial charge in [-0.2, -0.15) is 0 Å². The molecule has 0 saturated heterocycles. The van der Waals surface area contributed by atoms with Gasteiger partial charge in [0.2, 0.25) is 5.88 Å². The molecule has 7 nitrogen and oxygen atoms in total. The summed E-state index contributed by atoms with van der Waals surface area (Å²) in [6.07, 6.45) is 1.53. The van der Waals surface area contributed by atoms with Gasteiger partial charge >= 0.3 is 6.03 Å². The van der Waals surface area contributed by atoms with E-state index in [0.29, 0.717) is 35.4 Å². The molecule has 1 unspecified atom stereocenters. The number of ether oxygens (including phenoxy) is 3. The van der Waals surface area contributed by atoms with E-state index in [1.165, 1.54) is 0 Å². The van der Waals surface area contributed by atoms with Crippen LogP contribution in [0.25, 0.3) is 0 Å². The molecule has 0 aliphatic carbocycles. The van der Waals surface area contributed by atoms with Gasteiger partial charge in [0, 0.05) is 17.4 Å². The van der Waals surface area contributed by atoms with Crippen molar-refractivity contribution < 1.29 is 19.0 Å². The van der Waals surface area contributed by atoms with Crippen molar-refractivity contribution in [2.24, 2.45) is 0 Å². The molecule has 0 radical (unpaired) electrons. The predicted octanol–water partition coefficient (Wildman–Crippen LogP) is 7.40. The van der Waals surface area contributed by atoms with E-state index in [2.05, 4.69) is 36.4 Å². The number of nitrogens with zero attached hydrogens (tertiary/aromatic N) is 1. The summed E-state index contributed by atoms with van der Waals surface area (Å²) in [5.74, 6) is 1.72. The summed E-state index contributed by atoms with van der Waals surface area (Å²) in [7, 11) is 0. The second-order valence-electron chi connectivity index (χ2n) is 10.7.